The summed E-state index contributed by atoms with van der Waals surface area (Å²) < 4.78 is 0. The number of benzene rings is 1. The van der Waals surface area contributed by atoms with Crippen molar-refractivity contribution in [3.8, 4) is 0 Å². The van der Waals surface area contributed by atoms with Crippen molar-refractivity contribution in [2.45, 2.75) is 56.0 Å². The van der Waals surface area contributed by atoms with Crippen molar-refractivity contribution in [3.05, 3.63) is 29.8 Å². The second kappa shape index (κ2) is 8.06. The second-order valence-corrected chi connectivity index (χ2v) is 6.58. The van der Waals surface area contributed by atoms with E-state index in [1.54, 1.807) is 11.8 Å². The maximum Gasteiger partial charge on any atom is 0.0473 e. The fourth-order valence-corrected chi connectivity index (χ4v) is 3.77. The number of hydrogen-bond donors (Lipinski definition) is 1. The molecule has 112 valence electrons. The molecule has 2 atom stereocenters. The molecular weight excluding hydrogens is 264 g/mol. The third-order valence-corrected chi connectivity index (χ3v) is 5.16. The van der Waals surface area contributed by atoms with Crippen LogP contribution in [-0.2, 0) is 0 Å². The average molecular weight is 292 g/mol. The van der Waals surface area contributed by atoms with Crippen LogP contribution in [0.5, 0.6) is 0 Å². The van der Waals surface area contributed by atoms with E-state index in [2.05, 4.69) is 42.3 Å². The van der Waals surface area contributed by atoms with Crippen LogP contribution in [0.15, 0.2) is 29.2 Å². The number of thioether (sulfide) groups is 1. The third-order valence-electron chi connectivity index (χ3n) is 4.42. The summed E-state index contributed by atoms with van der Waals surface area (Å²) in [4.78, 5) is 3.99. The van der Waals surface area contributed by atoms with Gasteiger partial charge in [-0.2, -0.15) is 0 Å². The number of rotatable bonds is 6. The van der Waals surface area contributed by atoms with Gasteiger partial charge in [0.2, 0.25) is 0 Å². The molecule has 0 aromatic heterocycles. The molecule has 2 rings (SSSR count). The number of hydrogen-bond acceptors (Lipinski definition) is 3. The van der Waals surface area contributed by atoms with E-state index in [9.17, 15) is 0 Å². The van der Waals surface area contributed by atoms with Crippen LogP contribution < -0.4 is 5.73 Å². The summed E-state index contributed by atoms with van der Waals surface area (Å²) in [5.74, 6) is 0. The van der Waals surface area contributed by atoms with Crippen molar-refractivity contribution in [2.75, 3.05) is 19.3 Å². The lowest BCUT2D eigenvalue weighted by Gasteiger charge is -2.41. The zero-order valence-corrected chi connectivity index (χ0v) is 13.7. The Morgan fingerprint density at radius 1 is 1.30 bits per heavy atom. The highest BCUT2D eigenvalue weighted by molar-refractivity contribution is 7.98. The first-order valence-corrected chi connectivity index (χ1v) is 9.12. The molecule has 2 nitrogen and oxygen atoms in total. The molecule has 1 fully saturated rings. The summed E-state index contributed by atoms with van der Waals surface area (Å²) >= 11 is 1.80. The summed E-state index contributed by atoms with van der Waals surface area (Å²) in [5, 5.41) is 0. The first-order chi connectivity index (χ1) is 9.80. The van der Waals surface area contributed by atoms with Crippen LogP contribution in [-0.4, -0.2) is 30.3 Å². The lowest BCUT2D eigenvalue weighted by Crippen LogP contribution is -2.44. The van der Waals surface area contributed by atoms with E-state index in [1.165, 1.54) is 49.1 Å². The Morgan fingerprint density at radius 3 is 2.65 bits per heavy atom. The van der Waals surface area contributed by atoms with Gasteiger partial charge in [0.25, 0.3) is 0 Å². The second-order valence-electron chi connectivity index (χ2n) is 5.70. The van der Waals surface area contributed by atoms with Gasteiger partial charge < -0.3 is 5.73 Å². The van der Waals surface area contributed by atoms with Crippen LogP contribution in [0.1, 0.15) is 50.6 Å². The van der Waals surface area contributed by atoms with Crippen molar-refractivity contribution in [2.24, 2.45) is 5.73 Å². The summed E-state index contributed by atoms with van der Waals surface area (Å²) in [6.45, 7) is 4.22. The maximum absolute atomic E-state index is 6.12. The lowest BCUT2D eigenvalue weighted by atomic mass is 9.94. The van der Waals surface area contributed by atoms with Gasteiger partial charge in [0.15, 0.2) is 0 Å². The van der Waals surface area contributed by atoms with Crippen LogP contribution in [0.2, 0.25) is 0 Å². The minimum atomic E-state index is 0.391. The van der Waals surface area contributed by atoms with Gasteiger partial charge in [-0.25, -0.2) is 0 Å². The molecular formula is C17H28N2S. The van der Waals surface area contributed by atoms with Gasteiger partial charge in [-0.05, 0) is 49.8 Å². The molecule has 2 unspecified atom stereocenters. The Kier molecular flexibility index (Phi) is 6.40. The molecule has 1 heterocycles. The van der Waals surface area contributed by atoms with E-state index < -0.39 is 0 Å². The number of nitrogens with two attached hydrogens (primary N) is 1. The quantitative estimate of drug-likeness (QED) is 0.802. The summed E-state index contributed by atoms with van der Waals surface area (Å²) in [7, 11) is 0. The Bertz CT molecular complexity index is 388. The largest absolute Gasteiger partial charge is 0.329 e. The zero-order valence-electron chi connectivity index (χ0n) is 12.8. The highest BCUT2D eigenvalue weighted by Gasteiger charge is 2.28. The molecule has 1 aromatic carbocycles. The average Bonchev–Trinajstić information content (AvgIpc) is 2.51. The molecule has 0 bridgehead atoms. The normalized spacial score (nSPS) is 21.9. The Balaban J connectivity index is 2.15. The van der Waals surface area contributed by atoms with Crippen molar-refractivity contribution in [1.29, 1.82) is 0 Å². The number of likely N-dealkylation sites (tertiary alicyclic amines) is 1. The molecule has 3 heteroatoms. The number of nitrogens with zero attached hydrogens (tertiary/aromatic N) is 1. The monoisotopic (exact) mass is 292 g/mol. The predicted octanol–water partition coefficient (Wildman–Crippen LogP) is 4.06. The van der Waals surface area contributed by atoms with E-state index in [1.807, 2.05) is 0 Å². The minimum Gasteiger partial charge on any atom is -0.329 e. The van der Waals surface area contributed by atoms with Crippen molar-refractivity contribution in [1.82, 2.24) is 4.90 Å². The van der Waals surface area contributed by atoms with Crippen LogP contribution in [0.3, 0.4) is 0 Å². The van der Waals surface area contributed by atoms with Crippen LogP contribution >= 0.6 is 11.8 Å². The highest BCUT2D eigenvalue weighted by Crippen LogP contribution is 2.30. The topological polar surface area (TPSA) is 29.3 Å². The third kappa shape index (κ3) is 3.78. The Labute approximate surface area is 128 Å². The van der Waals surface area contributed by atoms with Gasteiger partial charge in [-0.3, -0.25) is 4.90 Å². The Hall–Kier alpha value is -0.510. The van der Waals surface area contributed by atoms with Gasteiger partial charge in [0.1, 0.15) is 0 Å². The maximum atomic E-state index is 6.12. The fraction of sp³-hybridized carbons (Fsp3) is 0.647. The van der Waals surface area contributed by atoms with Crippen LogP contribution in [0, 0.1) is 0 Å². The van der Waals surface area contributed by atoms with E-state index in [0.717, 1.165) is 12.6 Å². The number of piperidine rings is 1. The van der Waals surface area contributed by atoms with E-state index >= 15 is 0 Å². The minimum absolute atomic E-state index is 0.391. The summed E-state index contributed by atoms with van der Waals surface area (Å²) in [5.41, 5.74) is 7.50. The van der Waals surface area contributed by atoms with Gasteiger partial charge >= 0.3 is 0 Å². The summed E-state index contributed by atoms with van der Waals surface area (Å²) in [6, 6.07) is 10.1. The molecule has 0 amide bonds. The fourth-order valence-electron chi connectivity index (χ4n) is 3.37. The highest BCUT2D eigenvalue weighted by atomic mass is 32.2. The molecule has 2 N–H and O–H groups in total. The molecule has 0 radical (unpaired) electrons. The van der Waals surface area contributed by atoms with Crippen molar-refractivity contribution < 1.29 is 0 Å². The molecule has 0 spiro atoms. The molecule has 0 saturated carbocycles. The van der Waals surface area contributed by atoms with Crippen molar-refractivity contribution in [3.63, 3.8) is 0 Å². The molecule has 1 aliphatic rings. The molecule has 1 aromatic rings. The smallest absolute Gasteiger partial charge is 0.0473 e. The standard InChI is InChI=1S/C17H28N2S/c1-3-6-15-7-4-5-12-19(15)17(13-18)14-8-10-16(20-2)11-9-14/h8-11,15,17H,3-7,12-13,18H2,1-2H3. The van der Waals surface area contributed by atoms with E-state index in [4.69, 9.17) is 5.73 Å². The Morgan fingerprint density at radius 2 is 2.05 bits per heavy atom. The summed E-state index contributed by atoms with van der Waals surface area (Å²) in [6.07, 6.45) is 8.73. The first kappa shape index (κ1) is 15.9. The predicted molar refractivity (Wildman–Crippen MR) is 89.3 cm³/mol. The lowest BCUT2D eigenvalue weighted by molar-refractivity contribution is 0.0912. The van der Waals surface area contributed by atoms with Gasteiger partial charge in [-0.1, -0.05) is 31.9 Å². The molecule has 0 aliphatic carbocycles. The molecule has 1 aliphatic heterocycles. The van der Waals surface area contributed by atoms with Gasteiger partial charge in [0.05, 0.1) is 0 Å². The van der Waals surface area contributed by atoms with Crippen LogP contribution in [0.4, 0.5) is 0 Å². The van der Waals surface area contributed by atoms with Gasteiger partial charge in [0, 0.05) is 23.5 Å². The van der Waals surface area contributed by atoms with E-state index in [-0.39, 0.29) is 0 Å². The SMILES string of the molecule is CCCC1CCCCN1C(CN)c1ccc(SC)cc1. The molecule has 20 heavy (non-hydrogen) atoms. The molecule has 1 saturated heterocycles. The zero-order chi connectivity index (χ0) is 14.4. The van der Waals surface area contributed by atoms with E-state index in [0.29, 0.717) is 6.04 Å². The van der Waals surface area contributed by atoms with Gasteiger partial charge in [-0.15, -0.1) is 11.8 Å². The van der Waals surface area contributed by atoms with Crippen LogP contribution in [0.25, 0.3) is 0 Å². The first-order valence-electron chi connectivity index (χ1n) is 7.90. The van der Waals surface area contributed by atoms with Crippen molar-refractivity contribution >= 4 is 11.8 Å².